The molecule has 7 nitrogen and oxygen atoms in total. The molecule has 2 amide bonds. The smallest absolute Gasteiger partial charge is 0.271 e. The van der Waals surface area contributed by atoms with Gasteiger partial charge >= 0.3 is 0 Å². The molecule has 0 fully saturated rings. The number of ether oxygens (including phenoxy) is 1. The number of aromatic nitrogens is 2. The highest BCUT2D eigenvalue weighted by molar-refractivity contribution is 6.32. The van der Waals surface area contributed by atoms with Gasteiger partial charge < -0.3 is 15.4 Å². The van der Waals surface area contributed by atoms with Gasteiger partial charge in [0.15, 0.2) is 0 Å². The molecule has 2 aromatic carbocycles. The number of nitrogens with one attached hydrogen (secondary N) is 2. The Kier molecular flexibility index (Phi) is 7.53. The third-order valence-corrected chi connectivity index (χ3v) is 5.06. The molecule has 0 aliphatic rings. The van der Waals surface area contributed by atoms with E-state index in [-0.39, 0.29) is 18.4 Å². The van der Waals surface area contributed by atoms with Crippen molar-refractivity contribution in [2.75, 3.05) is 11.9 Å². The number of carbonyl (C=O) groups excluding carboxylic acids is 2. The Balaban J connectivity index is 1.70. The molecule has 0 spiro atoms. The number of benzene rings is 2. The van der Waals surface area contributed by atoms with Crippen LogP contribution in [0.4, 0.5) is 5.69 Å². The first-order valence-corrected chi connectivity index (χ1v) is 10.7. The summed E-state index contributed by atoms with van der Waals surface area (Å²) in [5.74, 6) is 0.274. The molecule has 0 atom stereocenters. The first-order valence-electron chi connectivity index (χ1n) is 10.3. The van der Waals surface area contributed by atoms with Gasteiger partial charge in [-0.05, 0) is 48.2 Å². The van der Waals surface area contributed by atoms with Crippen LogP contribution in [-0.4, -0.2) is 28.1 Å². The van der Waals surface area contributed by atoms with Crippen molar-refractivity contribution >= 4 is 29.1 Å². The Morgan fingerprint density at radius 3 is 2.69 bits per heavy atom. The fourth-order valence-electron chi connectivity index (χ4n) is 3.06. The predicted octanol–water partition coefficient (Wildman–Crippen LogP) is 4.60. The van der Waals surface area contributed by atoms with E-state index >= 15 is 0 Å². The zero-order valence-corrected chi connectivity index (χ0v) is 19.4. The average molecular weight is 455 g/mol. The van der Waals surface area contributed by atoms with Gasteiger partial charge in [0.25, 0.3) is 11.8 Å². The van der Waals surface area contributed by atoms with E-state index in [0.29, 0.717) is 40.2 Å². The van der Waals surface area contributed by atoms with E-state index in [1.807, 2.05) is 39.0 Å². The summed E-state index contributed by atoms with van der Waals surface area (Å²) in [4.78, 5) is 25.4. The number of halogens is 1. The molecule has 0 aliphatic heterocycles. The number of amides is 2. The number of nitrogens with zero attached hydrogens (tertiary/aromatic N) is 2. The van der Waals surface area contributed by atoms with Gasteiger partial charge in [-0.1, -0.05) is 43.6 Å². The number of aryl methyl sites for hydroxylation is 2. The molecule has 1 heterocycles. The van der Waals surface area contributed by atoms with Crippen molar-refractivity contribution in [3.8, 4) is 5.75 Å². The summed E-state index contributed by atoms with van der Waals surface area (Å²) >= 11 is 6.19. The largest absolute Gasteiger partial charge is 0.487 e. The maximum Gasteiger partial charge on any atom is 0.271 e. The lowest BCUT2D eigenvalue weighted by atomic mass is 10.1. The van der Waals surface area contributed by atoms with Crippen molar-refractivity contribution < 1.29 is 14.3 Å². The normalized spacial score (nSPS) is 10.8. The molecule has 0 bridgehead atoms. The Morgan fingerprint density at radius 2 is 1.94 bits per heavy atom. The van der Waals surface area contributed by atoms with Crippen LogP contribution in [0.5, 0.6) is 5.75 Å². The summed E-state index contributed by atoms with van der Waals surface area (Å²) in [5, 5.41) is 10.3. The summed E-state index contributed by atoms with van der Waals surface area (Å²) < 4.78 is 7.27. The summed E-state index contributed by atoms with van der Waals surface area (Å²) in [5.41, 5.74) is 2.96. The third-order valence-electron chi connectivity index (χ3n) is 4.74. The van der Waals surface area contributed by atoms with Gasteiger partial charge in [-0.25, -0.2) is 0 Å². The van der Waals surface area contributed by atoms with Crippen molar-refractivity contribution in [1.29, 1.82) is 0 Å². The zero-order chi connectivity index (χ0) is 23.3. The highest BCUT2D eigenvalue weighted by Crippen LogP contribution is 2.26. The second kappa shape index (κ2) is 10.3. The minimum atomic E-state index is -0.341. The molecule has 0 unspecified atom stereocenters. The molecule has 3 aromatic rings. The van der Waals surface area contributed by atoms with Crippen molar-refractivity contribution in [2.45, 2.75) is 27.4 Å². The molecule has 0 saturated carbocycles. The molecular formula is C24H27ClN4O3. The Hall–Kier alpha value is -3.32. The first-order chi connectivity index (χ1) is 15.2. The fraction of sp³-hybridized carbons (Fsp3) is 0.292. The second-order valence-corrected chi connectivity index (χ2v) is 8.42. The van der Waals surface area contributed by atoms with Crippen LogP contribution in [0, 0.1) is 12.8 Å². The van der Waals surface area contributed by atoms with Crippen LogP contribution in [0.25, 0.3) is 0 Å². The lowest BCUT2D eigenvalue weighted by Crippen LogP contribution is -2.30. The summed E-state index contributed by atoms with van der Waals surface area (Å²) in [6, 6.07) is 12.7. The van der Waals surface area contributed by atoms with Crippen molar-refractivity contribution in [3.63, 3.8) is 0 Å². The van der Waals surface area contributed by atoms with Crippen LogP contribution in [0.3, 0.4) is 0 Å². The van der Waals surface area contributed by atoms with Crippen LogP contribution in [0.1, 0.15) is 45.8 Å². The highest BCUT2D eigenvalue weighted by atomic mass is 35.5. The maximum atomic E-state index is 12.8. The maximum absolute atomic E-state index is 12.8. The summed E-state index contributed by atoms with van der Waals surface area (Å²) in [6.45, 7) is 6.78. The Labute approximate surface area is 192 Å². The minimum Gasteiger partial charge on any atom is -0.487 e. The topological polar surface area (TPSA) is 85.2 Å². The molecule has 32 heavy (non-hydrogen) atoms. The van der Waals surface area contributed by atoms with E-state index in [1.54, 1.807) is 31.3 Å². The molecule has 0 saturated heterocycles. The van der Waals surface area contributed by atoms with Gasteiger partial charge in [-0.3, -0.25) is 14.3 Å². The highest BCUT2D eigenvalue weighted by Gasteiger charge is 2.19. The van der Waals surface area contributed by atoms with Gasteiger partial charge in [0.1, 0.15) is 18.1 Å². The molecule has 168 valence electrons. The standard InChI is InChI=1S/C24H27ClN4O3/c1-15(2)12-26-24(31)22-20(13-27-29(22)4)28-23(30)18-7-5-6-17(11-18)14-32-21-10-16(3)8-9-19(21)25/h5-11,13,15H,12,14H2,1-4H3,(H,26,31)(H,28,30). The van der Waals surface area contributed by atoms with E-state index in [0.717, 1.165) is 11.1 Å². The number of carbonyl (C=O) groups is 2. The van der Waals surface area contributed by atoms with Crippen LogP contribution < -0.4 is 15.4 Å². The molecule has 8 heteroatoms. The van der Waals surface area contributed by atoms with Crippen molar-refractivity contribution in [1.82, 2.24) is 15.1 Å². The Bertz CT molecular complexity index is 1120. The van der Waals surface area contributed by atoms with Crippen LogP contribution in [0.15, 0.2) is 48.7 Å². The third kappa shape index (κ3) is 5.88. The van der Waals surface area contributed by atoms with Crippen LogP contribution in [-0.2, 0) is 13.7 Å². The molecular weight excluding hydrogens is 428 g/mol. The predicted molar refractivity (Wildman–Crippen MR) is 125 cm³/mol. The van der Waals surface area contributed by atoms with E-state index in [2.05, 4.69) is 15.7 Å². The molecule has 0 aliphatic carbocycles. The minimum absolute atomic E-state index is 0.264. The van der Waals surface area contributed by atoms with Crippen LogP contribution >= 0.6 is 11.6 Å². The van der Waals surface area contributed by atoms with Gasteiger partial charge in [-0.2, -0.15) is 5.10 Å². The average Bonchev–Trinajstić information content (AvgIpc) is 3.12. The monoisotopic (exact) mass is 454 g/mol. The van der Waals surface area contributed by atoms with Crippen molar-refractivity contribution in [2.24, 2.45) is 13.0 Å². The first kappa shape index (κ1) is 23.3. The number of hydrogen-bond acceptors (Lipinski definition) is 4. The van der Waals surface area contributed by atoms with Gasteiger partial charge in [-0.15, -0.1) is 0 Å². The number of anilines is 1. The SMILES string of the molecule is Cc1ccc(Cl)c(OCc2cccc(C(=O)Nc3cnn(C)c3C(=O)NCC(C)C)c2)c1. The molecule has 1 aromatic heterocycles. The lowest BCUT2D eigenvalue weighted by Gasteiger charge is -2.11. The summed E-state index contributed by atoms with van der Waals surface area (Å²) in [7, 11) is 1.66. The lowest BCUT2D eigenvalue weighted by molar-refractivity contribution is 0.0940. The molecule has 2 N–H and O–H groups in total. The summed E-state index contributed by atoms with van der Waals surface area (Å²) in [6.07, 6.45) is 1.47. The van der Waals surface area contributed by atoms with E-state index in [9.17, 15) is 9.59 Å². The van der Waals surface area contributed by atoms with Crippen molar-refractivity contribution in [3.05, 3.63) is 76.1 Å². The van der Waals surface area contributed by atoms with E-state index < -0.39 is 0 Å². The molecule has 0 radical (unpaired) electrons. The quantitative estimate of drug-likeness (QED) is 0.521. The number of rotatable bonds is 8. The Morgan fingerprint density at radius 1 is 1.16 bits per heavy atom. The number of hydrogen-bond donors (Lipinski definition) is 2. The second-order valence-electron chi connectivity index (χ2n) is 8.01. The van der Waals surface area contributed by atoms with Crippen LogP contribution in [0.2, 0.25) is 5.02 Å². The van der Waals surface area contributed by atoms with Gasteiger partial charge in [0, 0.05) is 19.2 Å². The van der Waals surface area contributed by atoms with Gasteiger partial charge in [0.2, 0.25) is 0 Å². The van der Waals surface area contributed by atoms with Gasteiger partial charge in [0.05, 0.1) is 16.9 Å². The van der Waals surface area contributed by atoms with E-state index in [1.165, 1.54) is 10.9 Å². The zero-order valence-electron chi connectivity index (χ0n) is 18.6. The van der Waals surface area contributed by atoms with E-state index in [4.69, 9.17) is 16.3 Å². The fourth-order valence-corrected chi connectivity index (χ4v) is 3.23. The molecule has 3 rings (SSSR count).